The first-order valence-electron chi connectivity index (χ1n) is 5.92. The predicted molar refractivity (Wildman–Crippen MR) is 76.1 cm³/mol. The van der Waals surface area contributed by atoms with Gasteiger partial charge in [0, 0.05) is 6.07 Å². The zero-order chi connectivity index (χ0) is 16.7. The summed E-state index contributed by atoms with van der Waals surface area (Å²) in [5, 5.41) is 7.16. The number of hydrogen-bond acceptors (Lipinski definition) is 7. The Balaban J connectivity index is 2.95. The Morgan fingerprint density at radius 1 is 1.27 bits per heavy atom. The molecule has 1 rings (SSSR count). The summed E-state index contributed by atoms with van der Waals surface area (Å²) in [6.07, 6.45) is -0.649. The molecule has 0 radical (unpaired) electrons. The van der Waals surface area contributed by atoms with E-state index in [1.807, 2.05) is 0 Å². The molecule has 0 spiro atoms. The van der Waals surface area contributed by atoms with Crippen molar-refractivity contribution < 1.29 is 28.2 Å². The van der Waals surface area contributed by atoms with Gasteiger partial charge in [-0.25, -0.2) is 9.18 Å². The van der Waals surface area contributed by atoms with Gasteiger partial charge in [-0.05, 0) is 28.1 Å². The van der Waals surface area contributed by atoms with Gasteiger partial charge in [0.1, 0.15) is 12.2 Å². The molecule has 0 fully saturated rings. The lowest BCUT2D eigenvalue weighted by Crippen LogP contribution is -2.31. The van der Waals surface area contributed by atoms with Gasteiger partial charge < -0.3 is 9.47 Å². The molecular formula is C13H12BrFN2O5. The van der Waals surface area contributed by atoms with Crippen LogP contribution in [0.15, 0.2) is 32.9 Å². The molecule has 0 aliphatic carbocycles. The van der Waals surface area contributed by atoms with E-state index in [9.17, 15) is 18.8 Å². The van der Waals surface area contributed by atoms with Gasteiger partial charge in [0.2, 0.25) is 6.04 Å². The summed E-state index contributed by atoms with van der Waals surface area (Å²) in [5.41, 5.74) is 0.0977. The van der Waals surface area contributed by atoms with E-state index in [0.717, 1.165) is 20.3 Å². The van der Waals surface area contributed by atoms with Crippen LogP contribution in [0.4, 0.5) is 10.1 Å². The largest absolute Gasteiger partial charge is 0.469 e. The molecule has 0 aliphatic heterocycles. The minimum Gasteiger partial charge on any atom is -0.469 e. The molecular weight excluding hydrogens is 363 g/mol. The van der Waals surface area contributed by atoms with Gasteiger partial charge in [-0.15, -0.1) is 0 Å². The third kappa shape index (κ3) is 4.99. The Bertz CT molecular complexity index is 620. The van der Waals surface area contributed by atoms with Crippen molar-refractivity contribution >= 4 is 39.3 Å². The van der Waals surface area contributed by atoms with Crippen LogP contribution >= 0.6 is 15.9 Å². The average Bonchev–Trinajstić information content (AvgIpc) is 2.50. The van der Waals surface area contributed by atoms with Crippen molar-refractivity contribution in [2.24, 2.45) is 10.2 Å². The molecule has 0 heterocycles. The number of nitrogens with zero attached hydrogens (tertiary/aromatic N) is 2. The fourth-order valence-corrected chi connectivity index (χ4v) is 1.58. The minimum atomic E-state index is -1.61. The van der Waals surface area contributed by atoms with Crippen LogP contribution in [-0.2, 0) is 23.9 Å². The molecule has 9 heteroatoms. The molecule has 7 nitrogen and oxygen atoms in total. The number of methoxy groups -OCH3 is 2. The lowest BCUT2D eigenvalue weighted by atomic mass is 10.1. The molecule has 118 valence electrons. The molecule has 0 aromatic heterocycles. The summed E-state index contributed by atoms with van der Waals surface area (Å²) in [7, 11) is 2.17. The van der Waals surface area contributed by atoms with Crippen LogP contribution < -0.4 is 0 Å². The zero-order valence-corrected chi connectivity index (χ0v) is 13.3. The number of rotatable bonds is 6. The van der Waals surface area contributed by atoms with Gasteiger partial charge in [-0.2, -0.15) is 10.2 Å². The molecule has 0 amide bonds. The summed E-state index contributed by atoms with van der Waals surface area (Å²) in [6.45, 7) is 0. The Hall–Kier alpha value is -2.16. The van der Waals surface area contributed by atoms with Crippen molar-refractivity contribution in [3.63, 3.8) is 0 Å². The first kappa shape index (κ1) is 17.9. The molecule has 1 unspecified atom stereocenters. The number of benzene rings is 1. The molecule has 0 N–H and O–H groups in total. The predicted octanol–water partition coefficient (Wildman–Crippen LogP) is 2.35. The molecule has 0 saturated heterocycles. The maximum atomic E-state index is 13.3. The van der Waals surface area contributed by atoms with Gasteiger partial charge in [-0.3, -0.25) is 9.59 Å². The lowest BCUT2D eigenvalue weighted by molar-refractivity contribution is -0.148. The van der Waals surface area contributed by atoms with Gasteiger partial charge in [-0.1, -0.05) is 0 Å². The Morgan fingerprint density at radius 3 is 2.50 bits per heavy atom. The maximum absolute atomic E-state index is 13.3. The molecule has 0 bridgehead atoms. The third-order valence-corrected chi connectivity index (χ3v) is 3.11. The van der Waals surface area contributed by atoms with E-state index >= 15 is 0 Å². The van der Waals surface area contributed by atoms with E-state index < -0.39 is 36.0 Å². The Kier molecular flexibility index (Phi) is 6.77. The highest BCUT2D eigenvalue weighted by atomic mass is 79.9. The molecule has 1 aromatic carbocycles. The fraction of sp³-hybridized carbons (Fsp3) is 0.308. The summed E-state index contributed by atoms with van der Waals surface area (Å²) in [4.78, 5) is 34.4. The summed E-state index contributed by atoms with van der Waals surface area (Å²) in [6, 6.07) is 2.27. The quantitative estimate of drug-likeness (QED) is 0.432. The molecule has 22 heavy (non-hydrogen) atoms. The van der Waals surface area contributed by atoms with Crippen LogP contribution in [-0.4, -0.2) is 38.0 Å². The number of carbonyl (C=O) groups excluding carboxylic acids is 3. The molecule has 1 aromatic rings. The monoisotopic (exact) mass is 374 g/mol. The number of halogens is 2. The number of ether oxygens (including phenoxy) is 2. The van der Waals surface area contributed by atoms with Crippen molar-refractivity contribution in [1.82, 2.24) is 0 Å². The highest BCUT2D eigenvalue weighted by molar-refractivity contribution is 9.10. The van der Waals surface area contributed by atoms with Crippen LogP contribution in [0.1, 0.15) is 6.42 Å². The van der Waals surface area contributed by atoms with E-state index in [4.69, 9.17) is 0 Å². The van der Waals surface area contributed by atoms with Gasteiger partial charge in [0.15, 0.2) is 5.78 Å². The standard InChI is InChI=1S/C13H12BrFN2O5/c1-21-11(19)6-10(18)12(13(20)22-2)17-16-7-3-4-8(14)9(15)5-7/h3-5,12H,6H2,1-2H3. The Morgan fingerprint density at radius 2 is 1.95 bits per heavy atom. The van der Waals surface area contributed by atoms with E-state index in [1.165, 1.54) is 12.1 Å². The Labute approximate surface area is 133 Å². The second-order valence-corrected chi connectivity index (χ2v) is 4.81. The van der Waals surface area contributed by atoms with Crippen LogP contribution in [0, 0.1) is 5.82 Å². The normalized spacial score (nSPS) is 12.0. The lowest BCUT2D eigenvalue weighted by Gasteiger charge is -2.07. The summed E-state index contributed by atoms with van der Waals surface area (Å²) >= 11 is 2.98. The van der Waals surface area contributed by atoms with Crippen LogP contribution in [0.2, 0.25) is 0 Å². The number of ketones is 1. The van der Waals surface area contributed by atoms with Crippen molar-refractivity contribution in [2.45, 2.75) is 12.5 Å². The smallest absolute Gasteiger partial charge is 0.340 e. The third-order valence-electron chi connectivity index (χ3n) is 2.47. The second-order valence-electron chi connectivity index (χ2n) is 3.96. The van der Waals surface area contributed by atoms with Crippen LogP contribution in [0.5, 0.6) is 0 Å². The SMILES string of the molecule is COC(=O)CC(=O)C(N=Nc1ccc(Br)c(F)c1)C(=O)OC. The average molecular weight is 375 g/mol. The number of Topliss-reactive ketones (excluding diaryl/α,β-unsaturated/α-hetero) is 1. The van der Waals surface area contributed by atoms with Crippen molar-refractivity contribution in [2.75, 3.05) is 14.2 Å². The number of carbonyl (C=O) groups is 3. The molecule has 0 saturated carbocycles. The molecule has 1 atom stereocenters. The maximum Gasteiger partial charge on any atom is 0.340 e. The number of esters is 2. The topological polar surface area (TPSA) is 94.4 Å². The van der Waals surface area contributed by atoms with Gasteiger partial charge in [0.25, 0.3) is 0 Å². The highest BCUT2D eigenvalue weighted by Crippen LogP contribution is 2.22. The van der Waals surface area contributed by atoms with Crippen molar-refractivity contribution in [1.29, 1.82) is 0 Å². The van der Waals surface area contributed by atoms with E-state index in [2.05, 4.69) is 35.6 Å². The number of hydrogen-bond donors (Lipinski definition) is 0. The van der Waals surface area contributed by atoms with Gasteiger partial charge >= 0.3 is 11.9 Å². The summed E-state index contributed by atoms with van der Waals surface area (Å²) in [5.74, 6) is -3.20. The van der Waals surface area contributed by atoms with E-state index in [0.29, 0.717) is 0 Å². The van der Waals surface area contributed by atoms with Crippen molar-refractivity contribution in [3.8, 4) is 0 Å². The first-order chi connectivity index (χ1) is 10.4. The first-order valence-corrected chi connectivity index (χ1v) is 6.71. The second kappa shape index (κ2) is 8.32. The zero-order valence-electron chi connectivity index (χ0n) is 11.7. The highest BCUT2D eigenvalue weighted by Gasteiger charge is 2.29. The fourth-order valence-electron chi connectivity index (χ4n) is 1.34. The summed E-state index contributed by atoms with van der Waals surface area (Å²) < 4.78 is 22.3. The van der Waals surface area contributed by atoms with Crippen LogP contribution in [0.25, 0.3) is 0 Å². The van der Waals surface area contributed by atoms with E-state index in [1.54, 1.807) is 0 Å². The van der Waals surface area contributed by atoms with Crippen LogP contribution in [0.3, 0.4) is 0 Å². The van der Waals surface area contributed by atoms with Crippen molar-refractivity contribution in [3.05, 3.63) is 28.5 Å². The minimum absolute atomic E-state index is 0.0977. The van der Waals surface area contributed by atoms with E-state index in [-0.39, 0.29) is 10.2 Å². The molecule has 0 aliphatic rings. The number of azo groups is 1. The van der Waals surface area contributed by atoms with Gasteiger partial charge in [0.05, 0.1) is 24.4 Å².